The highest BCUT2D eigenvalue weighted by molar-refractivity contribution is 6.07. The van der Waals surface area contributed by atoms with Crippen molar-refractivity contribution in [2.45, 2.75) is 43.9 Å². The summed E-state index contributed by atoms with van der Waals surface area (Å²) in [7, 11) is 1.57. The van der Waals surface area contributed by atoms with Gasteiger partial charge in [-0.3, -0.25) is 9.69 Å². The third kappa shape index (κ3) is 4.16. The summed E-state index contributed by atoms with van der Waals surface area (Å²) in [6.45, 7) is 1.59. The second-order valence-electron chi connectivity index (χ2n) is 8.27. The maximum Gasteiger partial charge on any atom is 0.325 e. The van der Waals surface area contributed by atoms with Crippen molar-refractivity contribution in [1.29, 1.82) is 0 Å². The lowest BCUT2D eigenvalue weighted by molar-refractivity contribution is -0.132. The maximum atomic E-state index is 13.1. The third-order valence-electron chi connectivity index (χ3n) is 6.14. The predicted octanol–water partition coefficient (Wildman–Crippen LogP) is 2.92. The summed E-state index contributed by atoms with van der Waals surface area (Å²) in [4.78, 5) is 26.6. The largest absolute Gasteiger partial charge is 0.497 e. The normalized spacial score (nSPS) is 24.0. The van der Waals surface area contributed by atoms with Gasteiger partial charge in [-0.05, 0) is 55.0 Å². The number of aryl methyl sites for hydroxylation is 1. The quantitative estimate of drug-likeness (QED) is 0.668. The standard InChI is InChI=1S/C24H28N2O5/c1-24(17-10-12-19(30-2)13-11-17)22(28)26(23(29)25-24)14-18(27)15-31-21-9-5-7-16-6-3-4-8-20(16)21/h3-4,6,8,10-13,18,21,27H,5,7,9,14-15H2,1-2H3,(H,25,29)/t18-,21+,24+/m0/s1. The van der Waals surface area contributed by atoms with Gasteiger partial charge in [0.15, 0.2) is 0 Å². The molecule has 7 heteroatoms. The summed E-state index contributed by atoms with van der Waals surface area (Å²) in [5.41, 5.74) is 1.89. The number of carbonyl (C=O) groups excluding carboxylic acids is 2. The molecule has 0 saturated carbocycles. The molecule has 0 bridgehead atoms. The van der Waals surface area contributed by atoms with Crippen LogP contribution >= 0.6 is 0 Å². The molecule has 2 aromatic rings. The molecule has 1 heterocycles. The highest BCUT2D eigenvalue weighted by atomic mass is 16.5. The van der Waals surface area contributed by atoms with Gasteiger partial charge >= 0.3 is 6.03 Å². The molecule has 7 nitrogen and oxygen atoms in total. The van der Waals surface area contributed by atoms with Crippen LogP contribution in [0.3, 0.4) is 0 Å². The Balaban J connectivity index is 1.39. The van der Waals surface area contributed by atoms with Crippen LogP contribution in [0.1, 0.15) is 42.6 Å². The zero-order valence-corrected chi connectivity index (χ0v) is 17.8. The molecule has 1 aliphatic carbocycles. The van der Waals surface area contributed by atoms with E-state index in [2.05, 4.69) is 17.4 Å². The van der Waals surface area contributed by atoms with Gasteiger partial charge in [-0.2, -0.15) is 0 Å². The van der Waals surface area contributed by atoms with E-state index in [4.69, 9.17) is 9.47 Å². The number of aliphatic hydroxyl groups is 1. The van der Waals surface area contributed by atoms with Crippen molar-refractivity contribution >= 4 is 11.9 Å². The molecule has 0 radical (unpaired) electrons. The van der Waals surface area contributed by atoms with Crippen molar-refractivity contribution in [3.05, 3.63) is 65.2 Å². The second kappa shape index (κ2) is 8.69. The molecule has 4 rings (SSSR count). The number of hydrogen-bond donors (Lipinski definition) is 2. The Hall–Kier alpha value is -2.90. The van der Waals surface area contributed by atoms with Gasteiger partial charge in [0.2, 0.25) is 0 Å². The van der Waals surface area contributed by atoms with Gasteiger partial charge in [0.25, 0.3) is 5.91 Å². The van der Waals surface area contributed by atoms with Gasteiger partial charge in [-0.25, -0.2) is 4.79 Å². The Morgan fingerprint density at radius 3 is 2.68 bits per heavy atom. The second-order valence-corrected chi connectivity index (χ2v) is 8.27. The first-order valence-corrected chi connectivity index (χ1v) is 10.6. The van der Waals surface area contributed by atoms with Gasteiger partial charge in [-0.15, -0.1) is 0 Å². The molecular formula is C24H28N2O5. The van der Waals surface area contributed by atoms with Crippen molar-refractivity contribution in [3.8, 4) is 5.75 Å². The minimum absolute atomic E-state index is 0.0509. The van der Waals surface area contributed by atoms with E-state index in [1.165, 1.54) is 5.56 Å². The average Bonchev–Trinajstić information content (AvgIpc) is 3.01. The van der Waals surface area contributed by atoms with Gasteiger partial charge < -0.3 is 19.9 Å². The average molecular weight is 424 g/mol. The summed E-state index contributed by atoms with van der Waals surface area (Å²) in [5, 5.41) is 13.3. The Labute approximate surface area is 182 Å². The van der Waals surface area contributed by atoms with Crippen LogP contribution in [0.5, 0.6) is 5.75 Å². The fourth-order valence-corrected chi connectivity index (χ4v) is 4.36. The number of methoxy groups -OCH3 is 1. The van der Waals surface area contributed by atoms with E-state index in [-0.39, 0.29) is 19.3 Å². The molecule has 3 amide bonds. The molecule has 3 atom stereocenters. The van der Waals surface area contributed by atoms with Crippen LogP contribution in [0.4, 0.5) is 4.79 Å². The van der Waals surface area contributed by atoms with E-state index in [9.17, 15) is 14.7 Å². The summed E-state index contributed by atoms with van der Waals surface area (Å²) in [6.07, 6.45) is 1.91. The van der Waals surface area contributed by atoms with Crippen molar-refractivity contribution in [3.63, 3.8) is 0 Å². The number of nitrogens with zero attached hydrogens (tertiary/aromatic N) is 1. The molecular weight excluding hydrogens is 396 g/mol. The zero-order valence-electron chi connectivity index (χ0n) is 17.8. The number of nitrogens with one attached hydrogen (secondary N) is 1. The molecule has 0 unspecified atom stereocenters. The van der Waals surface area contributed by atoms with E-state index in [1.54, 1.807) is 38.3 Å². The van der Waals surface area contributed by atoms with Crippen LogP contribution in [0.15, 0.2) is 48.5 Å². The minimum Gasteiger partial charge on any atom is -0.497 e. The highest BCUT2D eigenvalue weighted by Crippen LogP contribution is 2.33. The van der Waals surface area contributed by atoms with Crippen LogP contribution in [0, 0.1) is 0 Å². The number of urea groups is 1. The first kappa shape index (κ1) is 21.3. The molecule has 164 valence electrons. The summed E-state index contributed by atoms with van der Waals surface area (Å²) >= 11 is 0. The van der Waals surface area contributed by atoms with E-state index < -0.39 is 23.6 Å². The fraction of sp³-hybridized carbons (Fsp3) is 0.417. The lowest BCUT2D eigenvalue weighted by atomic mass is 9.89. The highest BCUT2D eigenvalue weighted by Gasteiger charge is 2.49. The number of fused-ring (bicyclic) bond motifs is 1. The van der Waals surface area contributed by atoms with Gasteiger partial charge in [0.1, 0.15) is 11.3 Å². The molecule has 2 aromatic carbocycles. The first-order valence-electron chi connectivity index (χ1n) is 10.6. The number of benzene rings is 2. The van der Waals surface area contributed by atoms with Crippen LogP contribution in [-0.4, -0.2) is 48.3 Å². The van der Waals surface area contributed by atoms with Gasteiger partial charge in [0.05, 0.1) is 32.5 Å². The Kier molecular flexibility index (Phi) is 5.98. The number of imide groups is 1. The summed E-state index contributed by atoms with van der Waals surface area (Å²) < 4.78 is 11.1. The lowest BCUT2D eigenvalue weighted by Crippen LogP contribution is -2.42. The fourth-order valence-electron chi connectivity index (χ4n) is 4.36. The summed E-state index contributed by atoms with van der Waals surface area (Å²) in [6, 6.07) is 14.6. The van der Waals surface area contributed by atoms with Crippen molar-refractivity contribution in [1.82, 2.24) is 10.2 Å². The molecule has 1 aliphatic heterocycles. The number of aliphatic hydroxyl groups excluding tert-OH is 1. The number of amides is 3. The molecule has 31 heavy (non-hydrogen) atoms. The minimum atomic E-state index is -1.19. The zero-order chi connectivity index (χ0) is 22.0. The molecule has 1 saturated heterocycles. The van der Waals surface area contributed by atoms with E-state index in [1.807, 2.05) is 12.1 Å². The number of rotatable bonds is 7. The topological polar surface area (TPSA) is 88.1 Å². The molecule has 0 spiro atoms. The van der Waals surface area contributed by atoms with Crippen LogP contribution < -0.4 is 10.1 Å². The number of ether oxygens (including phenoxy) is 2. The van der Waals surface area contributed by atoms with Gasteiger partial charge in [-0.1, -0.05) is 36.4 Å². The predicted molar refractivity (Wildman–Crippen MR) is 115 cm³/mol. The number of hydrogen-bond acceptors (Lipinski definition) is 5. The first-order chi connectivity index (χ1) is 14.9. The van der Waals surface area contributed by atoms with E-state index in [0.29, 0.717) is 11.3 Å². The Bertz CT molecular complexity index is 961. The molecule has 1 fully saturated rings. The van der Waals surface area contributed by atoms with Gasteiger partial charge in [0, 0.05) is 0 Å². The molecule has 2 aliphatic rings. The monoisotopic (exact) mass is 424 g/mol. The van der Waals surface area contributed by atoms with Crippen molar-refractivity contribution < 1.29 is 24.2 Å². The van der Waals surface area contributed by atoms with Crippen molar-refractivity contribution in [2.75, 3.05) is 20.3 Å². The molecule has 2 N–H and O–H groups in total. The number of carbonyl (C=O) groups is 2. The third-order valence-corrected chi connectivity index (χ3v) is 6.14. The Morgan fingerprint density at radius 2 is 1.94 bits per heavy atom. The smallest absolute Gasteiger partial charge is 0.325 e. The maximum absolute atomic E-state index is 13.1. The van der Waals surface area contributed by atoms with E-state index in [0.717, 1.165) is 29.7 Å². The SMILES string of the molecule is COc1ccc([C@@]2(C)NC(=O)N(C[C@H](O)CO[C@@H]3CCCc4ccccc43)C2=O)cc1. The summed E-state index contributed by atoms with van der Waals surface area (Å²) in [5.74, 6) is 0.266. The van der Waals surface area contributed by atoms with Crippen LogP contribution in [0.2, 0.25) is 0 Å². The Morgan fingerprint density at radius 1 is 1.19 bits per heavy atom. The number of β-amino-alcohol motifs (C(OH)–C–C–N with tert-alkyl or cyclic N) is 1. The molecule has 0 aromatic heterocycles. The lowest BCUT2D eigenvalue weighted by Gasteiger charge is -2.27. The van der Waals surface area contributed by atoms with E-state index >= 15 is 0 Å². The van der Waals surface area contributed by atoms with Crippen LogP contribution in [-0.2, 0) is 21.5 Å². The van der Waals surface area contributed by atoms with Crippen LogP contribution in [0.25, 0.3) is 0 Å². The van der Waals surface area contributed by atoms with Crippen molar-refractivity contribution in [2.24, 2.45) is 0 Å².